The van der Waals surface area contributed by atoms with Crippen molar-refractivity contribution in [2.24, 2.45) is 23.7 Å². The third-order valence-electron chi connectivity index (χ3n) is 5.10. The average Bonchev–Trinajstić information content (AvgIpc) is 3.13. The van der Waals surface area contributed by atoms with E-state index in [0.717, 1.165) is 6.07 Å². The number of ether oxygens (including phenoxy) is 2. The number of rotatable bonds is 6. The quantitative estimate of drug-likeness (QED) is 0.614. The summed E-state index contributed by atoms with van der Waals surface area (Å²) in [6, 6.07) is 2.23. The van der Waals surface area contributed by atoms with E-state index in [1.807, 2.05) is 13.8 Å². The fraction of sp³-hybridized carbons (Fsp3) is 0.632. The van der Waals surface area contributed by atoms with Crippen LogP contribution >= 0.6 is 11.6 Å². The lowest BCUT2D eigenvalue weighted by molar-refractivity contribution is 0.0453. The smallest absolute Gasteiger partial charge is 0.341 e. The lowest BCUT2D eigenvalue weighted by atomic mass is 9.90. The maximum absolute atomic E-state index is 14.2. The minimum absolute atomic E-state index is 0.000522. The molecule has 1 aromatic rings. The molecule has 2 aliphatic rings. The van der Waals surface area contributed by atoms with Crippen molar-refractivity contribution in [1.82, 2.24) is 0 Å². The molecule has 0 N–H and O–H groups in total. The average molecular weight is 391 g/mol. The molecule has 0 aromatic heterocycles. The molecule has 0 saturated heterocycles. The number of halogens is 4. The molecule has 0 amide bonds. The van der Waals surface area contributed by atoms with Crippen molar-refractivity contribution in [3.8, 4) is 5.75 Å². The first-order chi connectivity index (χ1) is 12.2. The summed E-state index contributed by atoms with van der Waals surface area (Å²) in [4.78, 5) is 11.9. The topological polar surface area (TPSA) is 35.5 Å². The maximum atomic E-state index is 14.2. The van der Waals surface area contributed by atoms with Gasteiger partial charge in [0.2, 0.25) is 0 Å². The van der Waals surface area contributed by atoms with Crippen LogP contribution in [0.2, 0.25) is 5.02 Å². The summed E-state index contributed by atoms with van der Waals surface area (Å²) in [5.74, 6) is -4.88. The molecule has 0 heterocycles. The molecule has 2 fully saturated rings. The van der Waals surface area contributed by atoms with Crippen LogP contribution in [0.1, 0.15) is 43.5 Å². The van der Waals surface area contributed by atoms with Gasteiger partial charge in [-0.3, -0.25) is 0 Å². The predicted molar refractivity (Wildman–Crippen MR) is 91.3 cm³/mol. The second kappa shape index (κ2) is 7.29. The Morgan fingerprint density at radius 1 is 1.31 bits per heavy atom. The molecule has 7 heteroatoms. The van der Waals surface area contributed by atoms with Gasteiger partial charge in [-0.1, -0.05) is 25.4 Å². The lowest BCUT2D eigenvalue weighted by Gasteiger charge is -2.21. The zero-order chi connectivity index (χ0) is 19.1. The van der Waals surface area contributed by atoms with Crippen molar-refractivity contribution in [1.29, 1.82) is 0 Å². The Kier molecular flexibility index (Phi) is 5.42. The van der Waals surface area contributed by atoms with Gasteiger partial charge in [0.05, 0.1) is 23.8 Å². The molecule has 1 aromatic carbocycles. The fourth-order valence-corrected chi connectivity index (χ4v) is 3.76. The van der Waals surface area contributed by atoms with Gasteiger partial charge in [-0.15, -0.1) is 0 Å². The van der Waals surface area contributed by atoms with E-state index < -0.39 is 29.5 Å². The minimum atomic E-state index is -2.53. The molecular weight excluding hydrogens is 369 g/mol. The van der Waals surface area contributed by atoms with E-state index in [2.05, 4.69) is 0 Å². The van der Waals surface area contributed by atoms with Crippen molar-refractivity contribution < 1.29 is 27.4 Å². The molecular formula is C19H22ClF3O3. The highest BCUT2D eigenvalue weighted by atomic mass is 35.5. The highest BCUT2D eigenvalue weighted by Crippen LogP contribution is 2.63. The van der Waals surface area contributed by atoms with Gasteiger partial charge in [-0.05, 0) is 37.2 Å². The Morgan fingerprint density at radius 3 is 2.69 bits per heavy atom. The van der Waals surface area contributed by atoms with Gasteiger partial charge in [-0.25, -0.2) is 18.0 Å². The summed E-state index contributed by atoms with van der Waals surface area (Å²) in [6.45, 7) is 4.13. The zero-order valence-corrected chi connectivity index (χ0v) is 15.5. The van der Waals surface area contributed by atoms with Crippen molar-refractivity contribution >= 4 is 17.6 Å². The van der Waals surface area contributed by atoms with Crippen molar-refractivity contribution in [2.75, 3.05) is 13.2 Å². The van der Waals surface area contributed by atoms with Gasteiger partial charge < -0.3 is 9.47 Å². The Morgan fingerprint density at radius 2 is 2.04 bits per heavy atom. The van der Waals surface area contributed by atoms with E-state index in [4.69, 9.17) is 21.1 Å². The largest absolute Gasteiger partial charge is 0.492 e. The number of benzene rings is 1. The summed E-state index contributed by atoms with van der Waals surface area (Å²) in [5, 5.41) is 0.0911. The van der Waals surface area contributed by atoms with E-state index in [0.29, 0.717) is 19.3 Å². The molecule has 2 saturated carbocycles. The Balaban J connectivity index is 1.59. The predicted octanol–water partition coefficient (Wildman–Crippen LogP) is 5.35. The number of carbonyl (C=O) groups excluding carboxylic acids is 1. The molecule has 3 unspecified atom stereocenters. The van der Waals surface area contributed by atoms with Crippen LogP contribution < -0.4 is 4.74 Å². The second-order valence-electron chi connectivity index (χ2n) is 7.63. The molecule has 0 aliphatic heterocycles. The summed E-state index contributed by atoms with van der Waals surface area (Å²) < 4.78 is 51.6. The highest BCUT2D eigenvalue weighted by molar-refractivity contribution is 6.32. The first-order valence-corrected chi connectivity index (χ1v) is 9.24. The molecule has 144 valence electrons. The second-order valence-corrected chi connectivity index (χ2v) is 8.04. The minimum Gasteiger partial charge on any atom is -0.492 e. The molecule has 0 bridgehead atoms. The summed E-state index contributed by atoms with van der Waals surface area (Å²) in [7, 11) is 0. The molecule has 3 nitrogen and oxygen atoms in total. The summed E-state index contributed by atoms with van der Waals surface area (Å²) >= 11 is 6.09. The van der Waals surface area contributed by atoms with Crippen LogP contribution in [-0.4, -0.2) is 25.1 Å². The van der Waals surface area contributed by atoms with Gasteiger partial charge in [-0.2, -0.15) is 0 Å². The van der Waals surface area contributed by atoms with Gasteiger partial charge in [0, 0.05) is 17.9 Å². The van der Waals surface area contributed by atoms with Crippen LogP contribution in [0.15, 0.2) is 12.1 Å². The monoisotopic (exact) mass is 390 g/mol. The van der Waals surface area contributed by atoms with E-state index in [-0.39, 0.29) is 41.4 Å². The third-order valence-corrected chi connectivity index (χ3v) is 5.40. The number of hydrogen-bond acceptors (Lipinski definition) is 3. The summed E-state index contributed by atoms with van der Waals surface area (Å²) in [6.07, 6.45) is 1.57. The van der Waals surface area contributed by atoms with Crippen molar-refractivity contribution in [3.63, 3.8) is 0 Å². The standard InChI is InChI=1S/C19H22ClF3O3/c1-10(2)8-26-18(24)12-6-15(20)17(7-16(12)21)25-9-11-3-4-13-14(5-11)19(13,22)23/h6-7,10-11,13-14H,3-5,8-9H2,1-2H3. The van der Waals surface area contributed by atoms with Crippen LogP contribution in [0.25, 0.3) is 0 Å². The Bertz CT molecular complexity index is 693. The molecule has 3 rings (SSSR count). The highest BCUT2D eigenvalue weighted by Gasteiger charge is 2.68. The van der Waals surface area contributed by atoms with E-state index in [9.17, 15) is 18.0 Å². The molecule has 26 heavy (non-hydrogen) atoms. The fourth-order valence-electron chi connectivity index (χ4n) is 3.54. The number of fused-ring (bicyclic) bond motifs is 1. The molecule has 3 atom stereocenters. The van der Waals surface area contributed by atoms with E-state index in [1.165, 1.54) is 6.07 Å². The Labute approximate surface area is 155 Å². The van der Waals surface area contributed by atoms with Gasteiger partial charge in [0.25, 0.3) is 5.92 Å². The van der Waals surface area contributed by atoms with Crippen LogP contribution in [0.4, 0.5) is 13.2 Å². The van der Waals surface area contributed by atoms with E-state index in [1.54, 1.807) is 0 Å². The third kappa shape index (κ3) is 3.95. The van der Waals surface area contributed by atoms with Crippen molar-refractivity contribution in [3.05, 3.63) is 28.5 Å². The van der Waals surface area contributed by atoms with Gasteiger partial charge in [0.1, 0.15) is 11.6 Å². The zero-order valence-electron chi connectivity index (χ0n) is 14.7. The van der Waals surface area contributed by atoms with Crippen LogP contribution in [-0.2, 0) is 4.74 Å². The Hall–Kier alpha value is -1.43. The number of carbonyl (C=O) groups is 1. The first kappa shape index (κ1) is 19.3. The van der Waals surface area contributed by atoms with Crippen LogP contribution in [0.3, 0.4) is 0 Å². The first-order valence-electron chi connectivity index (χ1n) is 8.87. The van der Waals surface area contributed by atoms with Crippen LogP contribution in [0.5, 0.6) is 5.75 Å². The normalized spacial score (nSPS) is 26.3. The van der Waals surface area contributed by atoms with E-state index >= 15 is 0 Å². The number of alkyl halides is 2. The number of hydrogen-bond donors (Lipinski definition) is 0. The SMILES string of the molecule is CC(C)COC(=O)c1cc(Cl)c(OCC2CCC3C(C2)C3(F)F)cc1F. The molecule has 2 aliphatic carbocycles. The molecule has 0 radical (unpaired) electrons. The summed E-state index contributed by atoms with van der Waals surface area (Å²) in [5.41, 5.74) is -0.249. The maximum Gasteiger partial charge on any atom is 0.341 e. The van der Waals surface area contributed by atoms with Crippen molar-refractivity contribution in [2.45, 2.75) is 39.0 Å². The molecule has 0 spiro atoms. The lowest BCUT2D eigenvalue weighted by Crippen LogP contribution is -2.17. The van der Waals surface area contributed by atoms with Gasteiger partial charge in [0.15, 0.2) is 0 Å². The van der Waals surface area contributed by atoms with Crippen LogP contribution in [0, 0.1) is 29.5 Å². The van der Waals surface area contributed by atoms with Gasteiger partial charge >= 0.3 is 5.97 Å². The number of esters is 1.